The molecule has 0 aliphatic heterocycles. The van der Waals surface area contributed by atoms with Gasteiger partial charge in [0.05, 0.1) is 0 Å². The number of thiazole rings is 1. The van der Waals surface area contributed by atoms with Gasteiger partial charge in [-0.2, -0.15) is 0 Å². The number of hydrogen-bond donors (Lipinski definition) is 6. The summed E-state index contributed by atoms with van der Waals surface area (Å²) in [5.41, 5.74) is 1.69. The molecule has 2 rings (SSSR count). The number of phenolic OH excluding ortho intramolecular Hbond substituents is 2. The Kier molecular flexibility index (Phi) is 8.92. The van der Waals surface area contributed by atoms with E-state index in [1.807, 2.05) is 0 Å². The molecule has 0 radical (unpaired) electrons. The van der Waals surface area contributed by atoms with Gasteiger partial charge in [-0.15, -0.1) is 23.7 Å². The Balaban J connectivity index is 0.00000512. The van der Waals surface area contributed by atoms with Crippen molar-refractivity contribution in [1.29, 1.82) is 0 Å². The topological polar surface area (TPSA) is 200 Å². The SMILES string of the molecule is CC(C)(ON=C(C(=O)O)c1csc(NC=O)n1)C(=O)NNC(=O)c1ccc(O)c(O)c1.Cl. The molecule has 0 saturated heterocycles. The Bertz CT molecular complexity index is 1060. The molecule has 0 saturated carbocycles. The van der Waals surface area contributed by atoms with E-state index in [2.05, 4.69) is 26.3 Å². The highest BCUT2D eigenvalue weighted by molar-refractivity contribution is 7.14. The van der Waals surface area contributed by atoms with Crippen LogP contribution < -0.4 is 16.2 Å². The summed E-state index contributed by atoms with van der Waals surface area (Å²) < 4.78 is 0. The van der Waals surface area contributed by atoms with Gasteiger partial charge >= 0.3 is 5.97 Å². The van der Waals surface area contributed by atoms with Crippen LogP contribution >= 0.6 is 23.7 Å². The van der Waals surface area contributed by atoms with Crippen LogP contribution in [-0.4, -0.2) is 55.8 Å². The number of halogens is 1. The smallest absolute Gasteiger partial charge is 0.360 e. The lowest BCUT2D eigenvalue weighted by Crippen LogP contribution is -2.51. The van der Waals surface area contributed by atoms with Crippen molar-refractivity contribution >= 4 is 58.8 Å². The molecule has 15 heteroatoms. The van der Waals surface area contributed by atoms with E-state index in [9.17, 15) is 34.5 Å². The molecule has 32 heavy (non-hydrogen) atoms. The number of carbonyl (C=O) groups is 4. The maximum absolute atomic E-state index is 12.3. The van der Waals surface area contributed by atoms with Gasteiger partial charge < -0.3 is 25.5 Å². The number of carbonyl (C=O) groups excluding carboxylic acids is 3. The quantitative estimate of drug-likeness (QED) is 0.133. The Morgan fingerprint density at radius 1 is 1.19 bits per heavy atom. The van der Waals surface area contributed by atoms with Crippen LogP contribution in [0.5, 0.6) is 11.5 Å². The average molecular weight is 488 g/mol. The molecule has 172 valence electrons. The van der Waals surface area contributed by atoms with Gasteiger partial charge in [0.15, 0.2) is 16.6 Å². The van der Waals surface area contributed by atoms with E-state index < -0.39 is 40.6 Å². The molecule has 6 N–H and O–H groups in total. The first-order valence-corrected chi connectivity index (χ1v) is 9.21. The zero-order valence-corrected chi connectivity index (χ0v) is 18.1. The van der Waals surface area contributed by atoms with Gasteiger partial charge in [-0.05, 0) is 32.0 Å². The van der Waals surface area contributed by atoms with Gasteiger partial charge in [-0.3, -0.25) is 25.2 Å². The molecule has 0 bridgehead atoms. The summed E-state index contributed by atoms with van der Waals surface area (Å²) in [6.45, 7) is 2.54. The monoisotopic (exact) mass is 487 g/mol. The molecule has 0 aliphatic rings. The van der Waals surface area contributed by atoms with Crippen LogP contribution in [0.3, 0.4) is 0 Å². The number of carboxylic acid groups (broad SMARTS) is 1. The summed E-state index contributed by atoms with van der Waals surface area (Å²) in [5, 5.41) is 35.2. The number of hydrogen-bond acceptors (Lipinski definition) is 10. The van der Waals surface area contributed by atoms with Crippen molar-refractivity contribution in [3.63, 3.8) is 0 Å². The van der Waals surface area contributed by atoms with E-state index in [0.29, 0.717) is 6.41 Å². The second kappa shape index (κ2) is 10.9. The standard InChI is InChI=1S/C17H17N5O8S.ClH/c1-17(2,15(29)21-20-13(26)8-3-4-10(24)11(25)5-8)30-22-12(14(27)28)9-6-31-16(19-9)18-7-23;/h3-7,24-25H,1-2H3,(H,20,26)(H,21,29)(H,27,28)(H,18,19,23);1H. The molecule has 0 aliphatic carbocycles. The number of amides is 3. The minimum absolute atomic E-state index is 0. The highest BCUT2D eigenvalue weighted by Crippen LogP contribution is 2.24. The van der Waals surface area contributed by atoms with E-state index in [1.165, 1.54) is 25.3 Å². The Labute approximate surface area is 190 Å². The Morgan fingerprint density at radius 3 is 2.47 bits per heavy atom. The van der Waals surface area contributed by atoms with E-state index in [4.69, 9.17) is 4.84 Å². The van der Waals surface area contributed by atoms with Crippen LogP contribution in [-0.2, 0) is 19.2 Å². The van der Waals surface area contributed by atoms with Crippen LogP contribution in [0.15, 0.2) is 28.7 Å². The third kappa shape index (κ3) is 6.55. The first kappa shape index (κ1) is 26.1. The average Bonchev–Trinajstić information content (AvgIpc) is 3.16. The molecule has 0 spiro atoms. The minimum atomic E-state index is -1.72. The summed E-state index contributed by atoms with van der Waals surface area (Å²) in [7, 11) is 0. The first-order valence-electron chi connectivity index (χ1n) is 8.33. The van der Waals surface area contributed by atoms with Crippen molar-refractivity contribution in [2.75, 3.05) is 5.32 Å². The maximum atomic E-state index is 12.3. The Morgan fingerprint density at radius 2 is 1.88 bits per heavy atom. The molecule has 1 heterocycles. The molecular formula is C17H18ClN5O8S. The van der Waals surface area contributed by atoms with Crippen molar-refractivity contribution in [3.8, 4) is 11.5 Å². The van der Waals surface area contributed by atoms with Crippen molar-refractivity contribution < 1.29 is 39.3 Å². The van der Waals surface area contributed by atoms with E-state index >= 15 is 0 Å². The number of oxime groups is 1. The van der Waals surface area contributed by atoms with Gasteiger partial charge in [-0.1, -0.05) is 5.16 Å². The molecule has 1 aromatic carbocycles. The normalized spacial score (nSPS) is 11.0. The van der Waals surface area contributed by atoms with E-state index in [-0.39, 0.29) is 28.8 Å². The fraction of sp³-hybridized carbons (Fsp3) is 0.176. The summed E-state index contributed by atoms with van der Waals surface area (Å²) in [4.78, 5) is 55.1. The largest absolute Gasteiger partial charge is 0.504 e. The van der Waals surface area contributed by atoms with Crippen molar-refractivity contribution in [1.82, 2.24) is 15.8 Å². The van der Waals surface area contributed by atoms with Gasteiger partial charge in [0.25, 0.3) is 11.8 Å². The Hall–Kier alpha value is -3.91. The number of phenols is 2. The number of anilines is 1. The lowest BCUT2D eigenvalue weighted by molar-refractivity contribution is -0.144. The van der Waals surface area contributed by atoms with Gasteiger partial charge in [-0.25, -0.2) is 9.78 Å². The van der Waals surface area contributed by atoms with Crippen molar-refractivity contribution in [2.24, 2.45) is 5.16 Å². The van der Waals surface area contributed by atoms with E-state index in [0.717, 1.165) is 23.5 Å². The third-order valence-corrected chi connectivity index (χ3v) is 4.34. The third-order valence-electron chi connectivity index (χ3n) is 3.57. The zero-order valence-electron chi connectivity index (χ0n) is 16.5. The van der Waals surface area contributed by atoms with Crippen LogP contribution in [0.1, 0.15) is 29.9 Å². The van der Waals surface area contributed by atoms with Crippen LogP contribution in [0.2, 0.25) is 0 Å². The second-order valence-electron chi connectivity index (χ2n) is 6.26. The maximum Gasteiger partial charge on any atom is 0.360 e. The molecule has 0 unspecified atom stereocenters. The number of benzene rings is 1. The van der Waals surface area contributed by atoms with Crippen LogP contribution in [0, 0.1) is 0 Å². The number of aromatic hydroxyl groups is 2. The molecule has 3 amide bonds. The van der Waals surface area contributed by atoms with Crippen LogP contribution in [0.25, 0.3) is 0 Å². The lowest BCUT2D eigenvalue weighted by atomic mass is 10.1. The number of aromatic nitrogens is 1. The number of hydrazine groups is 1. The van der Waals surface area contributed by atoms with E-state index in [1.54, 1.807) is 0 Å². The molecule has 1 aromatic heterocycles. The summed E-state index contributed by atoms with van der Waals surface area (Å²) in [6, 6.07) is 3.29. The highest BCUT2D eigenvalue weighted by Gasteiger charge is 2.32. The fourth-order valence-corrected chi connectivity index (χ4v) is 2.55. The number of aliphatic carboxylic acids is 1. The van der Waals surface area contributed by atoms with Gasteiger partial charge in [0, 0.05) is 10.9 Å². The molecule has 13 nitrogen and oxygen atoms in total. The minimum Gasteiger partial charge on any atom is -0.504 e. The molecule has 2 aromatic rings. The lowest BCUT2D eigenvalue weighted by Gasteiger charge is -2.21. The fourth-order valence-electron chi connectivity index (χ4n) is 1.90. The van der Waals surface area contributed by atoms with Gasteiger partial charge in [0.1, 0.15) is 5.69 Å². The predicted octanol–water partition coefficient (Wildman–Crippen LogP) is 0.589. The number of rotatable bonds is 8. The molecule has 0 atom stereocenters. The molecular weight excluding hydrogens is 470 g/mol. The highest BCUT2D eigenvalue weighted by atomic mass is 35.5. The second-order valence-corrected chi connectivity index (χ2v) is 7.12. The summed E-state index contributed by atoms with van der Waals surface area (Å²) in [6.07, 6.45) is 0.373. The predicted molar refractivity (Wildman–Crippen MR) is 114 cm³/mol. The molecule has 0 fully saturated rings. The van der Waals surface area contributed by atoms with Crippen molar-refractivity contribution in [3.05, 3.63) is 34.8 Å². The summed E-state index contributed by atoms with van der Waals surface area (Å²) >= 11 is 0.957. The number of nitrogens with one attached hydrogen (secondary N) is 3. The number of nitrogens with zero attached hydrogens (tertiary/aromatic N) is 2. The van der Waals surface area contributed by atoms with Gasteiger partial charge in [0.2, 0.25) is 17.7 Å². The first-order chi connectivity index (χ1) is 14.5. The summed E-state index contributed by atoms with van der Waals surface area (Å²) in [5.74, 6) is -4.10. The van der Waals surface area contributed by atoms with Crippen molar-refractivity contribution in [2.45, 2.75) is 19.4 Å². The zero-order chi connectivity index (χ0) is 23.2. The van der Waals surface area contributed by atoms with Crippen LogP contribution in [0.4, 0.5) is 5.13 Å². The number of carboxylic acids is 1.